The van der Waals surface area contributed by atoms with Gasteiger partial charge in [-0.2, -0.15) is 0 Å². The van der Waals surface area contributed by atoms with Gasteiger partial charge in [-0.3, -0.25) is 28.8 Å². The number of aliphatic carboxylic acids is 2. The minimum absolute atomic E-state index is 0.255. The van der Waals surface area contributed by atoms with Gasteiger partial charge in [0.1, 0.15) is 12.6 Å². The average Bonchev–Trinajstić information content (AvgIpc) is 2.58. The summed E-state index contributed by atoms with van der Waals surface area (Å²) in [6.45, 7) is -1.99. The lowest BCUT2D eigenvalue weighted by molar-refractivity contribution is -0.138. The second kappa shape index (κ2) is 12.2. The Hall–Kier alpha value is -3.22. The molecule has 13 heteroatoms. The number of hydrogen-bond donors (Lipinski definition) is 7. The van der Waals surface area contributed by atoms with Gasteiger partial charge in [0.2, 0.25) is 23.6 Å². The van der Waals surface area contributed by atoms with Crippen molar-refractivity contribution in [3.63, 3.8) is 0 Å². The van der Waals surface area contributed by atoms with Crippen molar-refractivity contribution in [2.24, 2.45) is 5.73 Å². The monoisotopic (exact) mass is 375 g/mol. The first-order chi connectivity index (χ1) is 12.1. The van der Waals surface area contributed by atoms with Crippen LogP contribution in [0.3, 0.4) is 0 Å². The van der Waals surface area contributed by atoms with Crippen LogP contribution in [0.25, 0.3) is 0 Å². The molecule has 0 radical (unpaired) electrons. The summed E-state index contributed by atoms with van der Waals surface area (Å²) in [5, 5.41) is 25.7. The molecule has 0 spiro atoms. The fraction of sp³-hybridized carbons (Fsp3) is 0.538. The second-order valence-corrected chi connectivity index (χ2v) is 4.92. The third-order valence-corrected chi connectivity index (χ3v) is 2.79. The Bertz CT molecular complexity index is 565. The normalized spacial score (nSPS) is 11.0. The van der Waals surface area contributed by atoms with Crippen LogP contribution in [0.5, 0.6) is 0 Å². The predicted molar refractivity (Wildman–Crippen MR) is 84.5 cm³/mol. The highest BCUT2D eigenvalue weighted by atomic mass is 16.4. The molecule has 0 aromatic carbocycles. The number of hydrogen-bond acceptors (Lipinski definition) is 7. The van der Waals surface area contributed by atoms with Crippen LogP contribution in [0.15, 0.2) is 0 Å². The van der Waals surface area contributed by atoms with Gasteiger partial charge in [0, 0.05) is 6.42 Å². The van der Waals surface area contributed by atoms with E-state index in [9.17, 15) is 28.8 Å². The standard InChI is InChI=1S/C13H21N5O8/c14-3-8(19)15-5-10(21)18-7(1-2-11(22)23)13(26)17-4-9(20)16-6-12(24)25/h7H,1-6,14H2,(H,15,19)(H,16,20)(H,17,26)(H,18,21)(H,22,23)(H,24,25). The summed E-state index contributed by atoms with van der Waals surface area (Å²) in [6, 6.07) is -1.26. The molecule has 1 atom stereocenters. The lowest BCUT2D eigenvalue weighted by Gasteiger charge is -2.18. The van der Waals surface area contributed by atoms with E-state index in [2.05, 4.69) is 16.0 Å². The maximum atomic E-state index is 12.0. The zero-order valence-electron chi connectivity index (χ0n) is 13.7. The first kappa shape index (κ1) is 22.8. The maximum absolute atomic E-state index is 12.0. The van der Waals surface area contributed by atoms with E-state index >= 15 is 0 Å². The summed E-state index contributed by atoms with van der Waals surface area (Å²) < 4.78 is 0. The number of carbonyl (C=O) groups excluding carboxylic acids is 4. The minimum Gasteiger partial charge on any atom is -0.481 e. The summed E-state index contributed by atoms with van der Waals surface area (Å²) in [5.74, 6) is -5.44. The van der Waals surface area contributed by atoms with E-state index in [0.717, 1.165) is 0 Å². The highest BCUT2D eigenvalue weighted by molar-refractivity contribution is 5.92. The van der Waals surface area contributed by atoms with Crippen molar-refractivity contribution in [3.05, 3.63) is 0 Å². The molecule has 0 fully saturated rings. The Balaban J connectivity index is 4.58. The van der Waals surface area contributed by atoms with Gasteiger partial charge in [-0.1, -0.05) is 0 Å². The summed E-state index contributed by atoms with van der Waals surface area (Å²) in [5.41, 5.74) is 5.05. The highest BCUT2D eigenvalue weighted by Gasteiger charge is 2.22. The third-order valence-electron chi connectivity index (χ3n) is 2.79. The Kier molecular flexibility index (Phi) is 10.7. The number of nitrogens with one attached hydrogen (secondary N) is 4. The first-order valence-electron chi connectivity index (χ1n) is 7.39. The average molecular weight is 375 g/mol. The Morgan fingerprint density at radius 2 is 1.35 bits per heavy atom. The van der Waals surface area contributed by atoms with E-state index in [1.807, 2.05) is 5.32 Å². The Morgan fingerprint density at radius 1 is 0.769 bits per heavy atom. The quantitative estimate of drug-likeness (QED) is 0.175. The number of amides is 4. The van der Waals surface area contributed by atoms with Crippen molar-refractivity contribution in [1.29, 1.82) is 0 Å². The lowest BCUT2D eigenvalue weighted by Crippen LogP contribution is -2.51. The van der Waals surface area contributed by atoms with Gasteiger partial charge in [-0.15, -0.1) is 0 Å². The van der Waals surface area contributed by atoms with Crippen LogP contribution in [0.2, 0.25) is 0 Å². The third kappa shape index (κ3) is 11.3. The van der Waals surface area contributed by atoms with Crippen molar-refractivity contribution < 1.29 is 39.0 Å². The molecule has 0 aromatic heterocycles. The molecule has 0 heterocycles. The Morgan fingerprint density at radius 3 is 1.88 bits per heavy atom. The molecule has 8 N–H and O–H groups in total. The summed E-state index contributed by atoms with van der Waals surface area (Å²) in [6.07, 6.45) is -0.687. The molecule has 0 aliphatic rings. The molecule has 146 valence electrons. The van der Waals surface area contributed by atoms with Crippen molar-refractivity contribution in [2.45, 2.75) is 18.9 Å². The molecule has 0 saturated heterocycles. The molecular formula is C13H21N5O8. The topological polar surface area (TPSA) is 217 Å². The van der Waals surface area contributed by atoms with Crippen molar-refractivity contribution in [3.8, 4) is 0 Å². The van der Waals surface area contributed by atoms with Crippen LogP contribution in [0.1, 0.15) is 12.8 Å². The van der Waals surface area contributed by atoms with Gasteiger partial charge in [-0.05, 0) is 6.42 Å². The minimum atomic E-state index is -1.27. The van der Waals surface area contributed by atoms with Gasteiger partial charge >= 0.3 is 11.9 Å². The van der Waals surface area contributed by atoms with Crippen molar-refractivity contribution in [1.82, 2.24) is 21.3 Å². The molecule has 1 unspecified atom stereocenters. The second-order valence-electron chi connectivity index (χ2n) is 4.92. The van der Waals surface area contributed by atoms with E-state index in [-0.39, 0.29) is 13.0 Å². The fourth-order valence-electron chi connectivity index (χ4n) is 1.56. The molecule has 0 aliphatic heterocycles. The number of nitrogens with two attached hydrogens (primary N) is 1. The maximum Gasteiger partial charge on any atom is 0.322 e. The van der Waals surface area contributed by atoms with E-state index < -0.39 is 67.7 Å². The molecule has 0 aromatic rings. The summed E-state index contributed by atoms with van der Waals surface area (Å²) >= 11 is 0. The molecular weight excluding hydrogens is 354 g/mol. The van der Waals surface area contributed by atoms with Gasteiger partial charge in [0.05, 0.1) is 19.6 Å². The number of carboxylic acids is 2. The first-order valence-corrected chi connectivity index (χ1v) is 7.39. The van der Waals surface area contributed by atoms with E-state index in [0.29, 0.717) is 0 Å². The van der Waals surface area contributed by atoms with Crippen LogP contribution in [-0.2, 0) is 28.8 Å². The zero-order valence-corrected chi connectivity index (χ0v) is 13.7. The molecule has 4 amide bonds. The lowest BCUT2D eigenvalue weighted by atomic mass is 10.1. The molecule has 0 saturated carbocycles. The molecule has 0 bridgehead atoms. The molecule has 0 rings (SSSR count). The van der Waals surface area contributed by atoms with Crippen LogP contribution in [0.4, 0.5) is 0 Å². The van der Waals surface area contributed by atoms with Gasteiger partial charge < -0.3 is 37.2 Å². The predicted octanol–water partition coefficient (Wildman–Crippen LogP) is -4.27. The van der Waals surface area contributed by atoms with E-state index in [1.165, 1.54) is 0 Å². The largest absolute Gasteiger partial charge is 0.481 e. The van der Waals surface area contributed by atoms with Crippen LogP contribution < -0.4 is 27.0 Å². The van der Waals surface area contributed by atoms with Crippen molar-refractivity contribution >= 4 is 35.6 Å². The number of carboxylic acid groups (broad SMARTS) is 2. The molecule has 26 heavy (non-hydrogen) atoms. The van der Waals surface area contributed by atoms with Gasteiger partial charge in [0.15, 0.2) is 0 Å². The smallest absolute Gasteiger partial charge is 0.322 e. The fourth-order valence-corrected chi connectivity index (χ4v) is 1.56. The van der Waals surface area contributed by atoms with Gasteiger partial charge in [-0.25, -0.2) is 0 Å². The summed E-state index contributed by atoms with van der Waals surface area (Å²) in [4.78, 5) is 67.0. The van der Waals surface area contributed by atoms with E-state index in [1.54, 1.807) is 0 Å². The summed E-state index contributed by atoms with van der Waals surface area (Å²) in [7, 11) is 0. The van der Waals surface area contributed by atoms with Crippen molar-refractivity contribution in [2.75, 3.05) is 26.2 Å². The highest BCUT2D eigenvalue weighted by Crippen LogP contribution is 1.98. The molecule has 0 aliphatic carbocycles. The van der Waals surface area contributed by atoms with Crippen LogP contribution >= 0.6 is 0 Å². The SMILES string of the molecule is NCC(=O)NCC(=O)NC(CCC(=O)O)C(=O)NCC(=O)NCC(=O)O. The Labute approximate surface area is 147 Å². The molecule has 13 nitrogen and oxygen atoms in total. The van der Waals surface area contributed by atoms with Crippen LogP contribution in [-0.4, -0.2) is 78.0 Å². The van der Waals surface area contributed by atoms with Crippen LogP contribution in [0, 0.1) is 0 Å². The number of carbonyl (C=O) groups is 6. The van der Waals surface area contributed by atoms with Gasteiger partial charge in [0.25, 0.3) is 0 Å². The van der Waals surface area contributed by atoms with E-state index in [4.69, 9.17) is 15.9 Å². The number of rotatable bonds is 12. The zero-order chi connectivity index (χ0) is 20.1.